The van der Waals surface area contributed by atoms with E-state index in [0.29, 0.717) is 0 Å². The highest BCUT2D eigenvalue weighted by Crippen LogP contribution is 2.36. The van der Waals surface area contributed by atoms with Gasteiger partial charge >= 0.3 is 6.03 Å². The van der Waals surface area contributed by atoms with Crippen molar-refractivity contribution in [3.05, 3.63) is 29.8 Å². The van der Waals surface area contributed by atoms with Crippen LogP contribution < -0.4 is 15.4 Å². The Labute approximate surface area is 188 Å². The number of amides is 3. The van der Waals surface area contributed by atoms with Crippen LogP contribution in [0.2, 0.25) is 0 Å². The number of carbonyl (C=O) groups is 2. The third-order valence-electron chi connectivity index (χ3n) is 6.56. The number of para-hydroxylation sites is 1. The molecule has 9 heteroatoms. The molecule has 3 aliphatic rings. The average molecular weight is 448 g/mol. The van der Waals surface area contributed by atoms with Crippen LogP contribution in [0.5, 0.6) is 5.75 Å². The topological polar surface area (TPSA) is 77.2 Å². The minimum Gasteiger partial charge on any atom is -0.496 e. The van der Waals surface area contributed by atoms with E-state index in [1.807, 2.05) is 24.3 Å². The number of urea groups is 1. The van der Waals surface area contributed by atoms with Gasteiger partial charge in [0, 0.05) is 32.0 Å². The van der Waals surface area contributed by atoms with Crippen LogP contribution in [0.1, 0.15) is 31.0 Å². The van der Waals surface area contributed by atoms with Crippen LogP contribution in [0.3, 0.4) is 0 Å². The van der Waals surface area contributed by atoms with Crippen molar-refractivity contribution >= 4 is 23.7 Å². The van der Waals surface area contributed by atoms with Crippen molar-refractivity contribution in [3.8, 4) is 5.75 Å². The smallest absolute Gasteiger partial charge is 0.327 e. The summed E-state index contributed by atoms with van der Waals surface area (Å²) in [6, 6.07) is 7.57. The van der Waals surface area contributed by atoms with Crippen LogP contribution >= 0.6 is 11.8 Å². The van der Waals surface area contributed by atoms with E-state index in [4.69, 9.17) is 4.74 Å². The molecule has 3 fully saturated rings. The Kier molecular flexibility index (Phi) is 7.05. The SMILES string of the molecule is COc1ccccc1C1NC(SCCN2CCCCC2)C2C(=O)N(C)C(=O)N(C)C2N1. The maximum atomic E-state index is 13.1. The summed E-state index contributed by atoms with van der Waals surface area (Å²) in [6.07, 6.45) is 3.27. The minimum absolute atomic E-state index is 0.114. The zero-order chi connectivity index (χ0) is 22.0. The summed E-state index contributed by atoms with van der Waals surface area (Å²) in [5.74, 6) is 1.22. The van der Waals surface area contributed by atoms with E-state index in [2.05, 4.69) is 15.5 Å². The molecule has 31 heavy (non-hydrogen) atoms. The van der Waals surface area contributed by atoms with E-state index >= 15 is 0 Å². The summed E-state index contributed by atoms with van der Waals surface area (Å²) in [7, 11) is 4.99. The van der Waals surface area contributed by atoms with Crippen LogP contribution in [0.4, 0.5) is 4.79 Å². The van der Waals surface area contributed by atoms with E-state index in [0.717, 1.165) is 36.7 Å². The molecule has 0 aromatic heterocycles. The fourth-order valence-electron chi connectivity index (χ4n) is 4.77. The van der Waals surface area contributed by atoms with E-state index in [1.54, 1.807) is 37.9 Å². The van der Waals surface area contributed by atoms with E-state index in [-0.39, 0.29) is 35.6 Å². The number of likely N-dealkylation sites (tertiary alicyclic amines) is 1. The number of methoxy groups -OCH3 is 1. The standard InChI is InChI=1S/C22H33N5O3S/c1-25-19-17(21(28)26(2)22(25)29)20(31-14-13-27-11-7-4-8-12-27)24-18(23-19)15-9-5-6-10-16(15)30-3/h5-6,9-10,17-20,23-24H,4,7-8,11-14H2,1-3H3. The van der Waals surface area contributed by atoms with Crippen molar-refractivity contribution in [2.45, 2.75) is 37.0 Å². The third kappa shape index (κ3) is 4.55. The number of ether oxygens (including phenoxy) is 1. The van der Waals surface area contributed by atoms with Crippen molar-refractivity contribution in [1.29, 1.82) is 0 Å². The number of hydrogen-bond acceptors (Lipinski definition) is 7. The fraction of sp³-hybridized carbons (Fsp3) is 0.636. The third-order valence-corrected chi connectivity index (χ3v) is 7.77. The van der Waals surface area contributed by atoms with Gasteiger partial charge in [-0.2, -0.15) is 0 Å². The zero-order valence-corrected chi connectivity index (χ0v) is 19.4. The normalized spacial score (nSPS) is 29.8. The number of piperidine rings is 1. The summed E-state index contributed by atoms with van der Waals surface area (Å²) < 4.78 is 5.57. The van der Waals surface area contributed by atoms with Crippen molar-refractivity contribution in [2.24, 2.45) is 5.92 Å². The van der Waals surface area contributed by atoms with Crippen LogP contribution in [0.15, 0.2) is 24.3 Å². The molecule has 0 aliphatic carbocycles. The molecule has 3 heterocycles. The second-order valence-corrected chi connectivity index (χ2v) is 9.71. The van der Waals surface area contributed by atoms with Gasteiger partial charge in [-0.25, -0.2) is 4.79 Å². The predicted octanol–water partition coefficient (Wildman–Crippen LogP) is 1.90. The van der Waals surface area contributed by atoms with Gasteiger partial charge in [0.25, 0.3) is 0 Å². The number of nitrogens with zero attached hydrogens (tertiary/aromatic N) is 3. The second kappa shape index (κ2) is 9.77. The number of hydrogen-bond donors (Lipinski definition) is 2. The Morgan fingerprint density at radius 3 is 2.58 bits per heavy atom. The number of fused-ring (bicyclic) bond motifs is 1. The first-order chi connectivity index (χ1) is 15.0. The van der Waals surface area contributed by atoms with Crippen molar-refractivity contribution < 1.29 is 14.3 Å². The molecule has 1 aromatic rings. The summed E-state index contributed by atoms with van der Waals surface area (Å²) >= 11 is 1.78. The van der Waals surface area contributed by atoms with Gasteiger partial charge in [0.1, 0.15) is 5.75 Å². The minimum atomic E-state index is -0.375. The molecular formula is C22H33N5O3S. The van der Waals surface area contributed by atoms with Crippen molar-refractivity contribution in [1.82, 2.24) is 25.3 Å². The van der Waals surface area contributed by atoms with Gasteiger partial charge in [0.15, 0.2) is 0 Å². The van der Waals surface area contributed by atoms with Gasteiger partial charge in [-0.3, -0.25) is 20.3 Å². The Morgan fingerprint density at radius 2 is 1.84 bits per heavy atom. The summed E-state index contributed by atoms with van der Waals surface area (Å²) in [5.41, 5.74) is 0.970. The maximum Gasteiger partial charge on any atom is 0.327 e. The molecule has 3 saturated heterocycles. The monoisotopic (exact) mass is 447 g/mol. The molecule has 2 N–H and O–H groups in total. The summed E-state index contributed by atoms with van der Waals surface area (Å²) in [6.45, 7) is 3.34. The van der Waals surface area contributed by atoms with E-state index < -0.39 is 0 Å². The Hall–Kier alpha value is -1.81. The molecular weight excluding hydrogens is 414 g/mol. The fourth-order valence-corrected chi connectivity index (χ4v) is 6.10. The second-order valence-electron chi connectivity index (χ2n) is 8.46. The first kappa shape index (κ1) is 22.4. The molecule has 0 bridgehead atoms. The van der Waals surface area contributed by atoms with Gasteiger partial charge in [0.05, 0.1) is 30.7 Å². The molecule has 0 radical (unpaired) electrons. The quantitative estimate of drug-likeness (QED) is 0.690. The number of carbonyl (C=O) groups excluding carboxylic acids is 2. The molecule has 1 aromatic carbocycles. The molecule has 4 rings (SSSR count). The van der Waals surface area contributed by atoms with Crippen LogP contribution in [0, 0.1) is 5.92 Å². The van der Waals surface area contributed by atoms with Crippen molar-refractivity contribution in [2.75, 3.05) is 46.6 Å². The van der Waals surface area contributed by atoms with Gasteiger partial charge in [-0.1, -0.05) is 24.6 Å². The van der Waals surface area contributed by atoms with E-state index in [9.17, 15) is 9.59 Å². The van der Waals surface area contributed by atoms with E-state index in [1.165, 1.54) is 24.2 Å². The van der Waals surface area contributed by atoms with Crippen LogP contribution in [-0.4, -0.2) is 84.8 Å². The lowest BCUT2D eigenvalue weighted by atomic mass is 9.95. The number of thioether (sulfide) groups is 1. The Morgan fingerprint density at radius 1 is 1.10 bits per heavy atom. The lowest BCUT2D eigenvalue weighted by Gasteiger charge is -2.50. The highest BCUT2D eigenvalue weighted by Gasteiger charge is 2.51. The molecule has 0 saturated carbocycles. The zero-order valence-electron chi connectivity index (χ0n) is 18.5. The largest absolute Gasteiger partial charge is 0.496 e. The summed E-state index contributed by atoms with van der Waals surface area (Å²) in [5, 5.41) is 7.01. The Bertz CT molecular complexity index is 803. The number of imide groups is 1. The molecule has 0 spiro atoms. The van der Waals surface area contributed by atoms with Gasteiger partial charge in [-0.05, 0) is 32.0 Å². The maximum absolute atomic E-state index is 13.1. The summed E-state index contributed by atoms with van der Waals surface area (Å²) in [4.78, 5) is 31.1. The lowest BCUT2D eigenvalue weighted by molar-refractivity contribution is -0.140. The Balaban J connectivity index is 1.55. The molecule has 3 amide bonds. The lowest BCUT2D eigenvalue weighted by Crippen LogP contribution is -2.72. The van der Waals surface area contributed by atoms with Gasteiger partial charge in [0.2, 0.25) is 5.91 Å². The highest BCUT2D eigenvalue weighted by atomic mass is 32.2. The van der Waals surface area contributed by atoms with Crippen LogP contribution in [0.25, 0.3) is 0 Å². The van der Waals surface area contributed by atoms with Crippen LogP contribution in [-0.2, 0) is 4.79 Å². The average Bonchev–Trinajstić information content (AvgIpc) is 2.81. The molecule has 4 unspecified atom stereocenters. The number of benzene rings is 1. The number of rotatable bonds is 6. The molecule has 3 aliphatic heterocycles. The molecule has 4 atom stereocenters. The molecule has 170 valence electrons. The molecule has 8 nitrogen and oxygen atoms in total. The van der Waals surface area contributed by atoms with Gasteiger partial charge in [-0.15, -0.1) is 11.8 Å². The predicted molar refractivity (Wildman–Crippen MR) is 122 cm³/mol. The first-order valence-corrected chi connectivity index (χ1v) is 12.1. The van der Waals surface area contributed by atoms with Gasteiger partial charge < -0.3 is 14.5 Å². The van der Waals surface area contributed by atoms with Crippen molar-refractivity contribution in [3.63, 3.8) is 0 Å². The first-order valence-electron chi connectivity index (χ1n) is 11.0. The number of nitrogens with one attached hydrogen (secondary N) is 2. The highest BCUT2D eigenvalue weighted by molar-refractivity contribution is 7.99.